The maximum atomic E-state index is 4.85. The van der Waals surface area contributed by atoms with Crippen LogP contribution in [0.3, 0.4) is 0 Å². The molecule has 1 aromatic rings. The molecule has 1 atom stereocenters. The van der Waals surface area contributed by atoms with Gasteiger partial charge < -0.3 is 10.2 Å². The van der Waals surface area contributed by atoms with Crippen LogP contribution in [-0.2, 0) is 0 Å². The van der Waals surface area contributed by atoms with Gasteiger partial charge in [0, 0.05) is 24.5 Å². The van der Waals surface area contributed by atoms with Crippen LogP contribution in [0.2, 0.25) is 0 Å². The van der Waals surface area contributed by atoms with Crippen molar-refractivity contribution in [2.24, 2.45) is 5.41 Å². The summed E-state index contributed by atoms with van der Waals surface area (Å²) >= 11 is 1.82. The summed E-state index contributed by atoms with van der Waals surface area (Å²) in [6.07, 6.45) is 8.63. The Morgan fingerprint density at radius 2 is 2.00 bits per heavy atom. The molecule has 1 aromatic heterocycles. The highest BCUT2D eigenvalue weighted by Gasteiger charge is 2.37. The minimum Gasteiger partial charge on any atom is -0.348 e. The van der Waals surface area contributed by atoms with Gasteiger partial charge in [0.2, 0.25) is 0 Å². The topological polar surface area (TPSA) is 28.2 Å². The monoisotopic (exact) mass is 293 g/mol. The molecule has 1 saturated heterocycles. The first kappa shape index (κ1) is 14.3. The molecule has 1 saturated carbocycles. The second kappa shape index (κ2) is 6.02. The van der Waals surface area contributed by atoms with E-state index < -0.39 is 0 Å². The first-order chi connectivity index (χ1) is 9.72. The minimum atomic E-state index is 0.371. The first-order valence-corrected chi connectivity index (χ1v) is 9.04. The molecule has 1 aliphatic heterocycles. The van der Waals surface area contributed by atoms with Crippen LogP contribution < -0.4 is 10.2 Å². The van der Waals surface area contributed by atoms with E-state index in [1.165, 1.54) is 62.4 Å². The smallest absolute Gasteiger partial charge is 0.185 e. The largest absolute Gasteiger partial charge is 0.348 e. The summed E-state index contributed by atoms with van der Waals surface area (Å²) < 4.78 is 0. The van der Waals surface area contributed by atoms with Gasteiger partial charge in [-0.05, 0) is 44.6 Å². The highest BCUT2D eigenvalue weighted by molar-refractivity contribution is 7.13. The van der Waals surface area contributed by atoms with Crippen molar-refractivity contribution in [2.75, 3.05) is 24.5 Å². The van der Waals surface area contributed by atoms with Crippen LogP contribution in [0.15, 0.2) is 5.38 Å². The summed E-state index contributed by atoms with van der Waals surface area (Å²) in [7, 11) is 0. The van der Waals surface area contributed by atoms with Crippen LogP contribution >= 0.6 is 11.3 Å². The Labute approximate surface area is 126 Å². The van der Waals surface area contributed by atoms with Crippen molar-refractivity contribution in [3.8, 4) is 0 Å². The Balaban J connectivity index is 1.60. The fourth-order valence-corrected chi connectivity index (χ4v) is 4.80. The van der Waals surface area contributed by atoms with E-state index in [4.69, 9.17) is 4.98 Å². The van der Waals surface area contributed by atoms with Gasteiger partial charge in [-0.1, -0.05) is 19.8 Å². The maximum absolute atomic E-state index is 4.85. The lowest BCUT2D eigenvalue weighted by atomic mass is 9.77. The molecule has 0 radical (unpaired) electrons. The number of hydrogen-bond donors (Lipinski definition) is 1. The molecule has 112 valence electrons. The van der Waals surface area contributed by atoms with Crippen LogP contribution in [0.1, 0.15) is 64.1 Å². The standard InChI is InChI=1S/C16H27N3S/c1-3-17-13(2)14-12-20-15(18-14)19-10-8-16(9-11-19)6-4-5-7-16/h12-13,17H,3-11H2,1-2H3. The molecule has 1 N–H and O–H groups in total. The molecular weight excluding hydrogens is 266 g/mol. The van der Waals surface area contributed by atoms with Crippen LogP contribution in [-0.4, -0.2) is 24.6 Å². The van der Waals surface area contributed by atoms with E-state index in [-0.39, 0.29) is 0 Å². The highest BCUT2D eigenvalue weighted by atomic mass is 32.1. The Kier molecular flexibility index (Phi) is 4.32. The van der Waals surface area contributed by atoms with Gasteiger partial charge in [0.15, 0.2) is 5.13 Å². The van der Waals surface area contributed by atoms with Crippen LogP contribution in [0.25, 0.3) is 0 Å². The lowest BCUT2D eigenvalue weighted by molar-refractivity contribution is 0.226. The molecule has 0 amide bonds. The van der Waals surface area contributed by atoms with Gasteiger partial charge in [-0.2, -0.15) is 0 Å². The van der Waals surface area contributed by atoms with E-state index in [0.29, 0.717) is 11.5 Å². The fraction of sp³-hybridized carbons (Fsp3) is 0.812. The molecule has 20 heavy (non-hydrogen) atoms. The summed E-state index contributed by atoms with van der Waals surface area (Å²) in [5, 5.41) is 6.90. The van der Waals surface area contributed by atoms with Gasteiger partial charge in [0.1, 0.15) is 0 Å². The van der Waals surface area contributed by atoms with Crippen molar-refractivity contribution in [3.05, 3.63) is 11.1 Å². The first-order valence-electron chi connectivity index (χ1n) is 8.16. The molecular formula is C16H27N3S. The fourth-order valence-electron chi connectivity index (χ4n) is 3.83. The van der Waals surface area contributed by atoms with Crippen LogP contribution in [0.4, 0.5) is 5.13 Å². The molecule has 1 spiro atoms. The molecule has 0 bridgehead atoms. The highest BCUT2D eigenvalue weighted by Crippen LogP contribution is 2.46. The second-order valence-corrected chi connectivity index (χ2v) is 7.37. The van der Waals surface area contributed by atoms with E-state index in [0.717, 1.165) is 6.54 Å². The number of thiazole rings is 1. The van der Waals surface area contributed by atoms with Gasteiger partial charge in [0.05, 0.1) is 5.69 Å². The van der Waals surface area contributed by atoms with Crippen molar-refractivity contribution in [1.82, 2.24) is 10.3 Å². The van der Waals surface area contributed by atoms with E-state index in [9.17, 15) is 0 Å². The number of hydrogen-bond acceptors (Lipinski definition) is 4. The van der Waals surface area contributed by atoms with Gasteiger partial charge in [-0.15, -0.1) is 11.3 Å². The Hall–Kier alpha value is -0.610. The predicted octanol–water partition coefficient (Wildman–Crippen LogP) is 3.97. The summed E-state index contributed by atoms with van der Waals surface area (Å²) in [6, 6.07) is 0.371. The molecule has 2 heterocycles. The van der Waals surface area contributed by atoms with Crippen molar-refractivity contribution in [1.29, 1.82) is 0 Å². The van der Waals surface area contributed by atoms with E-state index in [1.807, 2.05) is 11.3 Å². The summed E-state index contributed by atoms with van der Waals surface area (Å²) in [5.41, 5.74) is 1.90. The van der Waals surface area contributed by atoms with Crippen LogP contribution in [0.5, 0.6) is 0 Å². The third-order valence-electron chi connectivity index (χ3n) is 5.22. The zero-order valence-electron chi connectivity index (χ0n) is 12.8. The van der Waals surface area contributed by atoms with Gasteiger partial charge in [-0.25, -0.2) is 4.98 Å². The molecule has 0 aromatic carbocycles. The second-order valence-electron chi connectivity index (χ2n) is 6.53. The molecule has 3 rings (SSSR count). The van der Waals surface area contributed by atoms with Gasteiger partial charge >= 0.3 is 0 Å². The zero-order chi connectivity index (χ0) is 14.0. The van der Waals surface area contributed by atoms with Crippen molar-refractivity contribution < 1.29 is 0 Å². The summed E-state index contributed by atoms with van der Waals surface area (Å²) in [5.74, 6) is 0. The molecule has 2 aliphatic rings. The molecule has 3 nitrogen and oxygen atoms in total. The SMILES string of the molecule is CCNC(C)c1csc(N2CCC3(CCCC3)CC2)n1. The quantitative estimate of drug-likeness (QED) is 0.910. The molecule has 1 aliphatic carbocycles. The number of aromatic nitrogens is 1. The van der Waals surface area contributed by atoms with E-state index in [1.54, 1.807) is 0 Å². The Morgan fingerprint density at radius 1 is 1.30 bits per heavy atom. The average molecular weight is 293 g/mol. The van der Waals surface area contributed by atoms with Crippen LogP contribution in [0, 0.1) is 5.41 Å². The number of nitrogens with zero attached hydrogens (tertiary/aromatic N) is 2. The van der Waals surface area contributed by atoms with Gasteiger partial charge in [-0.3, -0.25) is 0 Å². The minimum absolute atomic E-state index is 0.371. The number of piperidine rings is 1. The molecule has 2 fully saturated rings. The third-order valence-corrected chi connectivity index (χ3v) is 6.14. The zero-order valence-corrected chi connectivity index (χ0v) is 13.6. The van der Waals surface area contributed by atoms with Crippen molar-refractivity contribution >= 4 is 16.5 Å². The lowest BCUT2D eigenvalue weighted by Gasteiger charge is -2.39. The molecule has 4 heteroatoms. The van der Waals surface area contributed by atoms with Gasteiger partial charge in [0.25, 0.3) is 0 Å². The number of nitrogens with one attached hydrogen (secondary N) is 1. The van der Waals surface area contributed by atoms with E-state index >= 15 is 0 Å². The maximum Gasteiger partial charge on any atom is 0.185 e. The number of rotatable bonds is 4. The molecule has 1 unspecified atom stereocenters. The average Bonchev–Trinajstić information content (AvgIpc) is 3.10. The van der Waals surface area contributed by atoms with Crippen molar-refractivity contribution in [3.63, 3.8) is 0 Å². The van der Waals surface area contributed by atoms with Crippen molar-refractivity contribution in [2.45, 2.75) is 58.4 Å². The summed E-state index contributed by atoms with van der Waals surface area (Å²) in [6.45, 7) is 7.77. The lowest BCUT2D eigenvalue weighted by Crippen LogP contribution is -2.38. The Bertz CT molecular complexity index is 427. The van der Waals surface area contributed by atoms with E-state index in [2.05, 4.69) is 29.4 Å². The summed E-state index contributed by atoms with van der Waals surface area (Å²) in [4.78, 5) is 7.36. The Morgan fingerprint density at radius 3 is 2.65 bits per heavy atom. The normalized spacial score (nSPS) is 23.4. The third kappa shape index (κ3) is 2.86. The number of anilines is 1. The predicted molar refractivity (Wildman–Crippen MR) is 86.6 cm³/mol.